The maximum atomic E-state index is 12.8. The van der Waals surface area contributed by atoms with E-state index < -0.39 is 5.92 Å². The Morgan fingerprint density at radius 1 is 1.29 bits per heavy atom. The summed E-state index contributed by atoms with van der Waals surface area (Å²) < 4.78 is 0. The van der Waals surface area contributed by atoms with Crippen molar-refractivity contribution < 1.29 is 14.4 Å². The van der Waals surface area contributed by atoms with E-state index in [0.29, 0.717) is 48.5 Å². The zero-order valence-electron chi connectivity index (χ0n) is 17.6. The molecule has 31 heavy (non-hydrogen) atoms. The average Bonchev–Trinajstić information content (AvgIpc) is 3.30. The number of thiazole rings is 1. The summed E-state index contributed by atoms with van der Waals surface area (Å²) in [4.78, 5) is 46.6. The molecular formula is C22H25ClN4O3S. The number of amides is 3. The minimum Gasteiger partial charge on any atom is -0.337 e. The van der Waals surface area contributed by atoms with Crippen LogP contribution in [0.2, 0.25) is 5.02 Å². The standard InChI is InChI=1S/C22H25ClN4O3S/c1-13(2)9-19(28)26-8-7-17-18(12-26)31-22(24-17)25-21(30)14-10-20(29)27(11-14)16-5-3-15(23)4-6-16/h3-6,13-14H,7-12H2,1-2H3,(H,24,25,30). The van der Waals surface area contributed by atoms with Gasteiger partial charge in [0.05, 0.1) is 18.2 Å². The summed E-state index contributed by atoms with van der Waals surface area (Å²) in [6.45, 7) is 5.60. The van der Waals surface area contributed by atoms with E-state index in [9.17, 15) is 14.4 Å². The lowest BCUT2D eigenvalue weighted by Crippen LogP contribution is -2.36. The number of halogens is 1. The van der Waals surface area contributed by atoms with Crippen molar-refractivity contribution in [1.29, 1.82) is 0 Å². The number of rotatable bonds is 5. The summed E-state index contributed by atoms with van der Waals surface area (Å²) in [5.74, 6) is -0.241. The van der Waals surface area contributed by atoms with Gasteiger partial charge in [0, 0.05) is 47.9 Å². The lowest BCUT2D eigenvalue weighted by atomic mass is 10.1. The molecule has 4 rings (SSSR count). The van der Waals surface area contributed by atoms with Gasteiger partial charge in [-0.1, -0.05) is 36.8 Å². The zero-order chi connectivity index (χ0) is 22.1. The monoisotopic (exact) mass is 460 g/mol. The first-order valence-corrected chi connectivity index (χ1v) is 11.6. The predicted octanol–water partition coefficient (Wildman–Crippen LogP) is 3.72. The van der Waals surface area contributed by atoms with Gasteiger partial charge in [-0.3, -0.25) is 14.4 Å². The Morgan fingerprint density at radius 2 is 2.03 bits per heavy atom. The molecule has 1 N–H and O–H groups in total. The molecule has 0 aliphatic carbocycles. The third-order valence-electron chi connectivity index (χ3n) is 5.53. The third kappa shape index (κ3) is 4.91. The van der Waals surface area contributed by atoms with Crippen LogP contribution in [-0.2, 0) is 27.3 Å². The Morgan fingerprint density at radius 3 is 2.74 bits per heavy atom. The highest BCUT2D eigenvalue weighted by Crippen LogP contribution is 2.31. The Balaban J connectivity index is 1.38. The van der Waals surface area contributed by atoms with Crippen LogP contribution < -0.4 is 10.2 Å². The van der Waals surface area contributed by atoms with Crippen LogP contribution in [-0.4, -0.2) is 40.7 Å². The zero-order valence-corrected chi connectivity index (χ0v) is 19.1. The van der Waals surface area contributed by atoms with Crippen molar-refractivity contribution in [1.82, 2.24) is 9.88 Å². The van der Waals surface area contributed by atoms with Crippen LogP contribution in [0, 0.1) is 11.8 Å². The minimum atomic E-state index is -0.437. The summed E-state index contributed by atoms with van der Waals surface area (Å²) >= 11 is 7.33. The third-order valence-corrected chi connectivity index (χ3v) is 6.78. The quantitative estimate of drug-likeness (QED) is 0.737. The van der Waals surface area contributed by atoms with Crippen LogP contribution in [0.25, 0.3) is 0 Å². The number of fused-ring (bicyclic) bond motifs is 1. The number of nitrogens with zero attached hydrogens (tertiary/aromatic N) is 3. The molecule has 1 unspecified atom stereocenters. The van der Waals surface area contributed by atoms with Crippen molar-refractivity contribution in [2.24, 2.45) is 11.8 Å². The minimum absolute atomic E-state index is 0.0831. The van der Waals surface area contributed by atoms with Gasteiger partial charge in [0.2, 0.25) is 17.7 Å². The van der Waals surface area contributed by atoms with E-state index in [1.54, 1.807) is 29.2 Å². The van der Waals surface area contributed by atoms with Crippen LogP contribution in [0.5, 0.6) is 0 Å². The van der Waals surface area contributed by atoms with Crippen LogP contribution in [0.1, 0.15) is 37.3 Å². The summed E-state index contributed by atoms with van der Waals surface area (Å²) in [5, 5.41) is 4.02. The van der Waals surface area contributed by atoms with E-state index in [2.05, 4.69) is 10.3 Å². The molecule has 0 bridgehead atoms. The van der Waals surface area contributed by atoms with Gasteiger partial charge in [-0.2, -0.15) is 0 Å². The maximum absolute atomic E-state index is 12.8. The fourth-order valence-corrected chi connectivity index (χ4v) is 5.05. The SMILES string of the molecule is CC(C)CC(=O)N1CCc2nc(NC(=O)C3CC(=O)N(c4ccc(Cl)cc4)C3)sc2C1. The molecule has 2 aliphatic rings. The van der Waals surface area contributed by atoms with Gasteiger partial charge < -0.3 is 15.1 Å². The van der Waals surface area contributed by atoms with E-state index in [0.717, 1.165) is 16.3 Å². The van der Waals surface area contributed by atoms with Crippen LogP contribution in [0.15, 0.2) is 24.3 Å². The largest absolute Gasteiger partial charge is 0.337 e. The molecule has 164 valence electrons. The van der Waals surface area contributed by atoms with Crippen molar-refractivity contribution >= 4 is 51.5 Å². The molecule has 1 saturated heterocycles. The van der Waals surface area contributed by atoms with Crippen molar-refractivity contribution in [3.63, 3.8) is 0 Å². The van der Waals surface area contributed by atoms with Crippen LogP contribution in [0.3, 0.4) is 0 Å². The van der Waals surface area contributed by atoms with Gasteiger partial charge >= 0.3 is 0 Å². The number of aromatic nitrogens is 1. The van der Waals surface area contributed by atoms with E-state index in [4.69, 9.17) is 11.6 Å². The maximum Gasteiger partial charge on any atom is 0.231 e. The molecule has 0 saturated carbocycles. The number of nitrogens with one attached hydrogen (secondary N) is 1. The van der Waals surface area contributed by atoms with Gasteiger partial charge in [0.1, 0.15) is 0 Å². The van der Waals surface area contributed by atoms with Crippen molar-refractivity contribution in [2.45, 2.75) is 39.7 Å². The number of benzene rings is 1. The fraction of sp³-hybridized carbons (Fsp3) is 0.455. The normalized spacial score (nSPS) is 18.5. The highest BCUT2D eigenvalue weighted by atomic mass is 35.5. The van der Waals surface area contributed by atoms with Crippen molar-refractivity contribution in [3.05, 3.63) is 39.9 Å². The summed E-state index contributed by atoms with van der Waals surface area (Å²) in [6.07, 6.45) is 1.40. The smallest absolute Gasteiger partial charge is 0.231 e. The topological polar surface area (TPSA) is 82.6 Å². The second-order valence-corrected chi connectivity index (χ2v) is 9.94. The molecule has 2 aliphatic heterocycles. The molecule has 0 spiro atoms. The van der Waals surface area contributed by atoms with Crippen LogP contribution >= 0.6 is 22.9 Å². The molecule has 7 nitrogen and oxygen atoms in total. The van der Waals surface area contributed by atoms with Crippen LogP contribution in [0.4, 0.5) is 10.8 Å². The number of carbonyl (C=O) groups excluding carboxylic acids is 3. The van der Waals surface area contributed by atoms with E-state index in [1.807, 2.05) is 18.7 Å². The van der Waals surface area contributed by atoms with Crippen molar-refractivity contribution in [2.75, 3.05) is 23.3 Å². The lowest BCUT2D eigenvalue weighted by molar-refractivity contribution is -0.132. The first-order chi connectivity index (χ1) is 14.8. The highest BCUT2D eigenvalue weighted by molar-refractivity contribution is 7.15. The number of hydrogen-bond acceptors (Lipinski definition) is 5. The Hall–Kier alpha value is -2.45. The van der Waals surface area contributed by atoms with Crippen molar-refractivity contribution in [3.8, 4) is 0 Å². The second-order valence-electron chi connectivity index (χ2n) is 8.42. The molecule has 1 fully saturated rings. The molecular weight excluding hydrogens is 436 g/mol. The molecule has 2 aromatic rings. The molecule has 1 aromatic heterocycles. The predicted molar refractivity (Wildman–Crippen MR) is 121 cm³/mol. The molecule has 3 amide bonds. The second kappa shape index (κ2) is 8.96. The summed E-state index contributed by atoms with van der Waals surface area (Å²) in [6, 6.07) is 7.02. The molecule has 0 radical (unpaired) electrons. The number of hydrogen-bond donors (Lipinski definition) is 1. The number of anilines is 2. The molecule has 1 atom stereocenters. The van der Waals surface area contributed by atoms with E-state index >= 15 is 0 Å². The van der Waals surface area contributed by atoms with Gasteiger partial charge in [0.15, 0.2) is 5.13 Å². The molecule has 3 heterocycles. The van der Waals surface area contributed by atoms with E-state index in [-0.39, 0.29) is 24.1 Å². The molecule has 9 heteroatoms. The van der Waals surface area contributed by atoms with Gasteiger partial charge in [-0.15, -0.1) is 0 Å². The lowest BCUT2D eigenvalue weighted by Gasteiger charge is -2.26. The summed E-state index contributed by atoms with van der Waals surface area (Å²) in [5.41, 5.74) is 1.68. The fourth-order valence-electron chi connectivity index (χ4n) is 3.90. The summed E-state index contributed by atoms with van der Waals surface area (Å²) in [7, 11) is 0. The van der Waals surface area contributed by atoms with Gasteiger partial charge in [-0.05, 0) is 30.2 Å². The molecule has 1 aromatic carbocycles. The Kier molecular flexibility index (Phi) is 6.29. The van der Waals surface area contributed by atoms with Gasteiger partial charge in [0.25, 0.3) is 0 Å². The highest BCUT2D eigenvalue weighted by Gasteiger charge is 2.35. The Labute approximate surface area is 190 Å². The van der Waals surface area contributed by atoms with E-state index in [1.165, 1.54) is 11.3 Å². The number of carbonyl (C=O) groups is 3. The average molecular weight is 461 g/mol. The first-order valence-electron chi connectivity index (χ1n) is 10.4. The Bertz CT molecular complexity index is 1000. The first kappa shape index (κ1) is 21.8. The van der Waals surface area contributed by atoms with Gasteiger partial charge in [-0.25, -0.2) is 4.98 Å².